The van der Waals surface area contributed by atoms with Crippen molar-refractivity contribution < 1.29 is 9.21 Å². The number of carbonyl (C=O) groups is 1. The Bertz CT molecular complexity index is 618. The molecule has 0 aliphatic rings. The van der Waals surface area contributed by atoms with Crippen molar-refractivity contribution in [2.24, 2.45) is 12.8 Å². The number of aromatic nitrogens is 1. The van der Waals surface area contributed by atoms with Crippen LogP contribution in [0.2, 0.25) is 0 Å². The summed E-state index contributed by atoms with van der Waals surface area (Å²) in [6.07, 6.45) is 0.261. The van der Waals surface area contributed by atoms with Crippen molar-refractivity contribution in [1.29, 1.82) is 0 Å². The maximum Gasteiger partial charge on any atom is 0.419 e. The fraction of sp³-hybridized carbons (Fsp3) is 0.273. The minimum atomic E-state index is -0.426. The molecular formula is C11H14ClN3O3. The molecule has 3 N–H and O–H groups in total. The van der Waals surface area contributed by atoms with Crippen LogP contribution in [0.5, 0.6) is 0 Å². The van der Waals surface area contributed by atoms with Gasteiger partial charge in [0.15, 0.2) is 5.58 Å². The lowest BCUT2D eigenvalue weighted by molar-refractivity contribution is -0.116. The number of anilines is 1. The number of hydrogen-bond acceptors (Lipinski definition) is 4. The molecule has 0 aliphatic carbocycles. The normalized spacial score (nSPS) is 10.1. The molecule has 0 saturated carbocycles. The number of carbonyl (C=O) groups excluding carboxylic acids is 1. The summed E-state index contributed by atoms with van der Waals surface area (Å²) in [4.78, 5) is 22.6. The molecule has 0 aliphatic heterocycles. The van der Waals surface area contributed by atoms with Crippen molar-refractivity contribution in [2.45, 2.75) is 6.42 Å². The number of amides is 1. The predicted molar refractivity (Wildman–Crippen MR) is 71.0 cm³/mol. The van der Waals surface area contributed by atoms with Gasteiger partial charge >= 0.3 is 5.76 Å². The number of hydrogen-bond donors (Lipinski definition) is 2. The first kappa shape index (κ1) is 14.3. The first-order valence-corrected chi connectivity index (χ1v) is 5.21. The zero-order chi connectivity index (χ0) is 12.4. The SMILES string of the molecule is Cl.Cn1c(=O)oc2cc(NC(=O)CCN)ccc21. The summed E-state index contributed by atoms with van der Waals surface area (Å²) in [6.45, 7) is 0.300. The largest absolute Gasteiger partial charge is 0.419 e. The molecule has 0 atom stereocenters. The van der Waals surface area contributed by atoms with E-state index in [4.69, 9.17) is 10.2 Å². The quantitative estimate of drug-likeness (QED) is 0.866. The lowest BCUT2D eigenvalue weighted by Gasteiger charge is -2.03. The van der Waals surface area contributed by atoms with E-state index in [9.17, 15) is 9.59 Å². The fourth-order valence-corrected chi connectivity index (χ4v) is 1.57. The molecule has 6 nitrogen and oxygen atoms in total. The molecule has 2 rings (SSSR count). The molecule has 18 heavy (non-hydrogen) atoms. The van der Waals surface area contributed by atoms with Crippen LogP contribution in [-0.2, 0) is 11.8 Å². The third-order valence-electron chi connectivity index (χ3n) is 2.45. The van der Waals surface area contributed by atoms with Crippen LogP contribution in [0.4, 0.5) is 5.69 Å². The highest BCUT2D eigenvalue weighted by Crippen LogP contribution is 2.17. The second kappa shape index (κ2) is 5.70. The summed E-state index contributed by atoms with van der Waals surface area (Å²) in [7, 11) is 1.63. The van der Waals surface area contributed by atoms with Gasteiger partial charge in [-0.2, -0.15) is 0 Å². The zero-order valence-electron chi connectivity index (χ0n) is 9.80. The van der Waals surface area contributed by atoms with Gasteiger partial charge in [-0.3, -0.25) is 9.36 Å². The summed E-state index contributed by atoms with van der Waals surface area (Å²) < 4.78 is 6.42. The highest BCUT2D eigenvalue weighted by atomic mass is 35.5. The van der Waals surface area contributed by atoms with Gasteiger partial charge in [0.1, 0.15) is 0 Å². The molecule has 0 bridgehead atoms. The maximum absolute atomic E-state index is 11.3. The van der Waals surface area contributed by atoms with Gasteiger partial charge in [-0.1, -0.05) is 0 Å². The minimum absolute atomic E-state index is 0. The van der Waals surface area contributed by atoms with E-state index in [2.05, 4.69) is 5.32 Å². The number of nitrogens with two attached hydrogens (primary N) is 1. The predicted octanol–water partition coefficient (Wildman–Crippen LogP) is 0.841. The van der Waals surface area contributed by atoms with E-state index < -0.39 is 5.76 Å². The molecule has 1 aromatic carbocycles. The molecule has 0 spiro atoms. The van der Waals surface area contributed by atoms with Gasteiger partial charge in [0, 0.05) is 31.8 Å². The molecule has 0 saturated heterocycles. The molecule has 2 aromatic rings. The molecule has 0 fully saturated rings. The summed E-state index contributed by atoms with van der Waals surface area (Å²) in [5.41, 5.74) is 7.00. The van der Waals surface area contributed by atoms with Gasteiger partial charge in [-0.25, -0.2) is 4.79 Å². The third kappa shape index (κ3) is 2.72. The summed E-state index contributed by atoms with van der Waals surface area (Å²) in [5, 5.41) is 2.67. The average Bonchev–Trinajstić information content (AvgIpc) is 2.55. The second-order valence-electron chi connectivity index (χ2n) is 3.70. The van der Waals surface area contributed by atoms with Gasteiger partial charge < -0.3 is 15.5 Å². The molecule has 1 heterocycles. The Hall–Kier alpha value is -1.79. The fourth-order valence-electron chi connectivity index (χ4n) is 1.57. The van der Waals surface area contributed by atoms with E-state index in [-0.39, 0.29) is 24.7 Å². The molecule has 7 heteroatoms. The average molecular weight is 272 g/mol. The Morgan fingerprint density at radius 1 is 1.50 bits per heavy atom. The van der Waals surface area contributed by atoms with E-state index in [1.165, 1.54) is 4.57 Å². The Morgan fingerprint density at radius 3 is 2.89 bits per heavy atom. The number of benzene rings is 1. The van der Waals surface area contributed by atoms with Crippen LogP contribution in [0.15, 0.2) is 27.4 Å². The Balaban J connectivity index is 0.00000162. The molecule has 98 valence electrons. The number of oxazole rings is 1. The summed E-state index contributed by atoms with van der Waals surface area (Å²) in [6, 6.07) is 5.05. The second-order valence-corrected chi connectivity index (χ2v) is 3.70. The van der Waals surface area contributed by atoms with Crippen LogP contribution in [0.3, 0.4) is 0 Å². The van der Waals surface area contributed by atoms with E-state index in [0.717, 1.165) is 0 Å². The first-order chi connectivity index (χ1) is 8.11. The molecule has 1 amide bonds. The number of aryl methyl sites for hydroxylation is 1. The lowest BCUT2D eigenvalue weighted by atomic mass is 10.2. The third-order valence-corrected chi connectivity index (χ3v) is 2.45. The number of rotatable bonds is 3. The van der Waals surface area contributed by atoms with E-state index in [0.29, 0.717) is 23.3 Å². The van der Waals surface area contributed by atoms with Gasteiger partial charge in [0.2, 0.25) is 5.91 Å². The first-order valence-electron chi connectivity index (χ1n) is 5.21. The number of fused-ring (bicyclic) bond motifs is 1. The van der Waals surface area contributed by atoms with Gasteiger partial charge in [-0.15, -0.1) is 12.4 Å². The molecular weight excluding hydrogens is 258 g/mol. The smallest absolute Gasteiger partial charge is 0.408 e. The van der Waals surface area contributed by atoms with Crippen LogP contribution < -0.4 is 16.8 Å². The molecule has 1 aromatic heterocycles. The van der Waals surface area contributed by atoms with Crippen molar-refractivity contribution in [3.63, 3.8) is 0 Å². The maximum atomic E-state index is 11.3. The van der Waals surface area contributed by atoms with E-state index in [1.54, 1.807) is 25.2 Å². The van der Waals surface area contributed by atoms with Gasteiger partial charge in [0.25, 0.3) is 0 Å². The number of nitrogens with one attached hydrogen (secondary N) is 1. The monoisotopic (exact) mass is 271 g/mol. The highest BCUT2D eigenvalue weighted by molar-refractivity contribution is 5.92. The summed E-state index contributed by atoms with van der Waals surface area (Å²) in [5.74, 6) is -0.587. The number of nitrogens with zero attached hydrogens (tertiary/aromatic N) is 1. The van der Waals surface area contributed by atoms with Crippen LogP contribution in [0.1, 0.15) is 6.42 Å². The topological polar surface area (TPSA) is 90.3 Å². The van der Waals surface area contributed by atoms with Gasteiger partial charge in [-0.05, 0) is 12.1 Å². The van der Waals surface area contributed by atoms with Gasteiger partial charge in [0.05, 0.1) is 5.52 Å². The minimum Gasteiger partial charge on any atom is -0.408 e. The lowest BCUT2D eigenvalue weighted by Crippen LogP contribution is -2.16. The molecule has 0 unspecified atom stereocenters. The van der Waals surface area contributed by atoms with Crippen LogP contribution in [0, 0.1) is 0 Å². The van der Waals surface area contributed by atoms with Crippen molar-refractivity contribution in [1.82, 2.24) is 4.57 Å². The van der Waals surface area contributed by atoms with Crippen molar-refractivity contribution in [3.05, 3.63) is 28.7 Å². The standard InChI is InChI=1S/C11H13N3O3.ClH/c1-14-8-3-2-7(13-10(15)4-5-12)6-9(8)17-11(14)16;/h2-3,6H,4-5,12H2,1H3,(H,13,15);1H. The van der Waals surface area contributed by atoms with Crippen molar-refractivity contribution in [2.75, 3.05) is 11.9 Å². The van der Waals surface area contributed by atoms with E-state index >= 15 is 0 Å². The zero-order valence-corrected chi connectivity index (χ0v) is 10.6. The Labute approximate surface area is 109 Å². The van der Waals surface area contributed by atoms with Crippen LogP contribution >= 0.6 is 12.4 Å². The van der Waals surface area contributed by atoms with E-state index in [1.807, 2.05) is 0 Å². The van der Waals surface area contributed by atoms with Crippen LogP contribution in [-0.4, -0.2) is 17.0 Å². The van der Waals surface area contributed by atoms with Crippen LogP contribution in [0.25, 0.3) is 11.1 Å². The Morgan fingerprint density at radius 2 is 2.22 bits per heavy atom. The molecule has 0 radical (unpaired) electrons. The Kier molecular flexibility index (Phi) is 4.52. The highest BCUT2D eigenvalue weighted by Gasteiger charge is 2.07. The summed E-state index contributed by atoms with van der Waals surface area (Å²) >= 11 is 0. The van der Waals surface area contributed by atoms with Crippen molar-refractivity contribution in [3.8, 4) is 0 Å². The van der Waals surface area contributed by atoms with Crippen molar-refractivity contribution >= 4 is 35.1 Å². The number of halogens is 1.